The average molecular weight is 306 g/mol. The molecule has 1 aromatic rings. The first-order valence-electron chi connectivity index (χ1n) is 5.91. The predicted octanol–water partition coefficient (Wildman–Crippen LogP) is 3.88. The topological polar surface area (TPSA) is 17.8 Å². The summed E-state index contributed by atoms with van der Waals surface area (Å²) in [4.78, 5) is 0.709. The van der Waals surface area contributed by atoms with E-state index in [1.165, 1.54) is 31.4 Å². The molecule has 0 N–H and O–H groups in total. The number of rotatable bonds is 5. The van der Waals surface area contributed by atoms with E-state index in [1.54, 1.807) is 0 Å². The molecular weight excluding hydrogens is 288 g/mol. The highest BCUT2D eigenvalue weighted by Crippen LogP contribution is 2.38. The highest BCUT2D eigenvalue weighted by atomic mass is 79.9. The summed E-state index contributed by atoms with van der Waals surface area (Å²) in [6, 6.07) is 0. The molecule has 1 aromatic heterocycles. The lowest BCUT2D eigenvalue weighted by Gasteiger charge is -2.08. The molecule has 0 radical (unpaired) electrons. The van der Waals surface area contributed by atoms with Gasteiger partial charge < -0.3 is 0 Å². The van der Waals surface area contributed by atoms with Gasteiger partial charge in [-0.1, -0.05) is 27.5 Å². The molecular formula is C12H18BrClN2. The van der Waals surface area contributed by atoms with Crippen LogP contribution < -0.4 is 0 Å². The second-order valence-corrected chi connectivity index (χ2v) is 6.27. The highest BCUT2D eigenvalue weighted by molar-refractivity contribution is 9.09. The van der Waals surface area contributed by atoms with Crippen LogP contribution in [-0.4, -0.2) is 14.6 Å². The molecule has 1 unspecified atom stereocenters. The Kier molecular flexibility index (Phi) is 3.96. The minimum absolute atomic E-state index is 0.709. The van der Waals surface area contributed by atoms with Crippen molar-refractivity contribution in [2.45, 2.75) is 43.9 Å². The Morgan fingerprint density at radius 2 is 2.25 bits per heavy atom. The molecule has 16 heavy (non-hydrogen) atoms. The standard InChI is InChI=1S/C12H18BrClN2/c1-8-12(14)11(16(2)15-8)5-3-4-10(13)9-6-7-9/h9-10H,3-7H2,1-2H3. The molecule has 1 aliphatic rings. The van der Waals surface area contributed by atoms with Gasteiger partial charge >= 0.3 is 0 Å². The molecule has 1 aliphatic carbocycles. The van der Waals surface area contributed by atoms with Crippen LogP contribution in [0.15, 0.2) is 0 Å². The van der Waals surface area contributed by atoms with Gasteiger partial charge in [0.25, 0.3) is 0 Å². The van der Waals surface area contributed by atoms with Crippen LogP contribution in [0.2, 0.25) is 5.02 Å². The van der Waals surface area contributed by atoms with Crippen LogP contribution in [0.1, 0.15) is 37.1 Å². The molecule has 1 saturated carbocycles. The summed E-state index contributed by atoms with van der Waals surface area (Å²) in [5.74, 6) is 0.934. The maximum atomic E-state index is 6.21. The molecule has 1 fully saturated rings. The van der Waals surface area contributed by atoms with Crippen LogP contribution >= 0.6 is 27.5 Å². The molecule has 0 bridgehead atoms. The van der Waals surface area contributed by atoms with Gasteiger partial charge in [0, 0.05) is 11.9 Å². The van der Waals surface area contributed by atoms with Crippen LogP contribution in [0.5, 0.6) is 0 Å². The second-order valence-electron chi connectivity index (χ2n) is 4.72. The monoisotopic (exact) mass is 304 g/mol. The Morgan fingerprint density at radius 3 is 2.75 bits per heavy atom. The van der Waals surface area contributed by atoms with Crippen molar-refractivity contribution in [3.63, 3.8) is 0 Å². The summed E-state index contributed by atoms with van der Waals surface area (Å²) in [5.41, 5.74) is 2.12. The predicted molar refractivity (Wildman–Crippen MR) is 71.3 cm³/mol. The quantitative estimate of drug-likeness (QED) is 0.755. The number of hydrogen-bond acceptors (Lipinski definition) is 1. The highest BCUT2D eigenvalue weighted by Gasteiger charge is 2.28. The SMILES string of the molecule is Cc1nn(C)c(CCCC(Br)C2CC2)c1Cl. The minimum atomic E-state index is 0.709. The fourth-order valence-corrected chi connectivity index (χ4v) is 3.22. The van der Waals surface area contributed by atoms with Gasteiger partial charge in [-0.05, 0) is 44.9 Å². The first-order chi connectivity index (χ1) is 7.59. The Balaban J connectivity index is 1.84. The van der Waals surface area contributed by atoms with Gasteiger partial charge in [-0.2, -0.15) is 5.10 Å². The average Bonchev–Trinajstić information content (AvgIpc) is 3.02. The van der Waals surface area contributed by atoms with Crippen molar-refractivity contribution in [3.8, 4) is 0 Å². The summed E-state index contributed by atoms with van der Waals surface area (Å²) in [6.45, 7) is 1.96. The lowest BCUT2D eigenvalue weighted by Crippen LogP contribution is -2.03. The molecule has 1 atom stereocenters. The van der Waals surface area contributed by atoms with Crippen molar-refractivity contribution >= 4 is 27.5 Å². The van der Waals surface area contributed by atoms with Crippen molar-refractivity contribution in [3.05, 3.63) is 16.4 Å². The summed E-state index contributed by atoms with van der Waals surface area (Å²) in [7, 11) is 1.97. The fourth-order valence-electron chi connectivity index (χ4n) is 2.11. The van der Waals surface area contributed by atoms with Gasteiger partial charge in [0.2, 0.25) is 0 Å². The Bertz CT molecular complexity index is 371. The van der Waals surface area contributed by atoms with E-state index in [0.717, 1.165) is 23.1 Å². The van der Waals surface area contributed by atoms with E-state index in [4.69, 9.17) is 11.6 Å². The largest absolute Gasteiger partial charge is 0.271 e. The molecule has 2 rings (SSSR count). The number of hydrogen-bond donors (Lipinski definition) is 0. The lowest BCUT2D eigenvalue weighted by atomic mass is 10.1. The molecule has 90 valence electrons. The van der Waals surface area contributed by atoms with Crippen molar-refractivity contribution in [1.82, 2.24) is 9.78 Å². The first kappa shape index (κ1) is 12.4. The van der Waals surface area contributed by atoms with Crippen LogP contribution in [0.4, 0.5) is 0 Å². The Morgan fingerprint density at radius 1 is 1.56 bits per heavy atom. The zero-order valence-corrected chi connectivity index (χ0v) is 12.2. The van der Waals surface area contributed by atoms with Gasteiger partial charge in [-0.3, -0.25) is 4.68 Å². The maximum absolute atomic E-state index is 6.21. The van der Waals surface area contributed by atoms with Crippen molar-refractivity contribution in [2.24, 2.45) is 13.0 Å². The zero-order valence-electron chi connectivity index (χ0n) is 9.84. The molecule has 2 nitrogen and oxygen atoms in total. The Hall–Kier alpha value is -0.0200. The molecule has 0 saturated heterocycles. The smallest absolute Gasteiger partial charge is 0.0846 e. The van der Waals surface area contributed by atoms with E-state index >= 15 is 0 Å². The summed E-state index contributed by atoms with van der Waals surface area (Å²) in [6.07, 6.45) is 6.27. The van der Waals surface area contributed by atoms with Crippen LogP contribution in [0, 0.1) is 12.8 Å². The van der Waals surface area contributed by atoms with Crippen LogP contribution in [0.3, 0.4) is 0 Å². The van der Waals surface area contributed by atoms with Gasteiger partial charge in [0.05, 0.1) is 16.4 Å². The minimum Gasteiger partial charge on any atom is -0.271 e. The van der Waals surface area contributed by atoms with Gasteiger partial charge in [0.1, 0.15) is 0 Å². The maximum Gasteiger partial charge on any atom is 0.0846 e. The van der Waals surface area contributed by atoms with E-state index in [9.17, 15) is 0 Å². The van der Waals surface area contributed by atoms with Crippen molar-refractivity contribution in [1.29, 1.82) is 0 Å². The summed E-state index contributed by atoms with van der Waals surface area (Å²) >= 11 is 9.97. The van der Waals surface area contributed by atoms with Crippen molar-refractivity contribution in [2.75, 3.05) is 0 Å². The van der Waals surface area contributed by atoms with E-state index in [2.05, 4.69) is 21.0 Å². The molecule has 0 aliphatic heterocycles. The zero-order chi connectivity index (χ0) is 11.7. The van der Waals surface area contributed by atoms with E-state index < -0.39 is 0 Å². The number of nitrogens with zero attached hydrogens (tertiary/aromatic N) is 2. The molecule has 0 aromatic carbocycles. The lowest BCUT2D eigenvalue weighted by molar-refractivity contribution is 0.622. The van der Waals surface area contributed by atoms with Gasteiger partial charge in [0.15, 0.2) is 0 Å². The second kappa shape index (κ2) is 5.09. The van der Waals surface area contributed by atoms with E-state index in [1.807, 2.05) is 18.7 Å². The van der Waals surface area contributed by atoms with Gasteiger partial charge in [-0.25, -0.2) is 0 Å². The molecule has 1 heterocycles. The van der Waals surface area contributed by atoms with E-state index in [-0.39, 0.29) is 0 Å². The molecule has 4 heteroatoms. The molecule has 0 amide bonds. The summed E-state index contributed by atoms with van der Waals surface area (Å²) < 4.78 is 1.91. The van der Waals surface area contributed by atoms with Crippen molar-refractivity contribution < 1.29 is 0 Å². The fraction of sp³-hybridized carbons (Fsp3) is 0.750. The number of halogens is 2. The third-order valence-corrected chi connectivity index (χ3v) is 4.99. The van der Waals surface area contributed by atoms with E-state index in [0.29, 0.717) is 4.83 Å². The third-order valence-electron chi connectivity index (χ3n) is 3.29. The normalized spacial score (nSPS) is 17.8. The first-order valence-corrected chi connectivity index (χ1v) is 7.21. The third kappa shape index (κ3) is 2.80. The number of aryl methyl sites for hydroxylation is 2. The van der Waals surface area contributed by atoms with Crippen LogP contribution in [-0.2, 0) is 13.5 Å². The van der Waals surface area contributed by atoms with Crippen LogP contribution in [0.25, 0.3) is 0 Å². The molecule has 0 spiro atoms. The van der Waals surface area contributed by atoms with Gasteiger partial charge in [-0.15, -0.1) is 0 Å². The summed E-state index contributed by atoms with van der Waals surface area (Å²) in [5, 5.41) is 5.18. The number of aromatic nitrogens is 2. The number of alkyl halides is 1. The Labute approximate surface area is 110 Å².